The van der Waals surface area contributed by atoms with Gasteiger partial charge in [-0.25, -0.2) is 72.2 Å². The van der Waals surface area contributed by atoms with Crippen molar-refractivity contribution >= 4 is 143 Å². The summed E-state index contributed by atoms with van der Waals surface area (Å²) in [5.41, 5.74) is 1.97. The molecule has 0 fully saturated rings. The number of primary sulfonamides is 2. The second-order valence-electron chi connectivity index (χ2n) is 20.7. The molecule has 10 N–H and O–H groups in total. The van der Waals surface area contributed by atoms with Gasteiger partial charge in [0.25, 0.3) is 10.0 Å². The van der Waals surface area contributed by atoms with Crippen molar-refractivity contribution < 1.29 is 98.3 Å². The lowest BCUT2D eigenvalue weighted by Gasteiger charge is -2.16. The van der Waals surface area contributed by atoms with Crippen LogP contribution in [0.4, 0.5) is 22.7 Å². The quantitative estimate of drug-likeness (QED) is 0.0114. The van der Waals surface area contributed by atoms with Gasteiger partial charge in [-0.15, -0.1) is 4.91 Å². The number of sulfonamides is 5. The standard InChI is InChI=1S/C15H17ClN2O5S.C14H15ClN2O5S.C13H13ClN2O5S.C12H11ClN2O5S.C8H10N2O3S/c1-18(2)24(20,21)14-7-11(15(19)22-3)13(8-12(14)16)17-9-10-5-4-6-23-10;1-16-23(19,20)13-6-10(14(18)21-2)12(7-11(13)15)17-8-9-4-3-5-22-9;1-20-13(17)9-5-12(22(15,18)19)10(14)6-11(9)16-7-8-3-2-4-21-8;13-9-5-10(15-6-7-2-1-3-20-7)8(12(16)17)4-11(9)21(14,18)19;1-7-3-5-8(6-4-7)14(12,13)10(2)9-11/h4-8,17H,9H2,1-3H3;3-7,16-17H,8H2,1-2H3;2-6,16H,7H2,1H3,(H2,15,18,19);1-5,15H,6H2,(H,16,17)(H2,14,18,19);3-6H,1-2H3. The first-order chi connectivity index (χ1) is 48.7. The SMILES string of the molecule is CNS(=O)(=O)c1cc(C(=O)OC)c(NCc2ccco2)cc1Cl.COC(=O)c1cc(S(=O)(=O)N(C)C)c(Cl)cc1NCc1ccco1.COC(=O)c1cc(S(N)(=O)=O)c(Cl)cc1NCc1ccco1.Cc1ccc(S(=O)(=O)N(C)N=O)cc1.NS(=O)(=O)c1cc(C(=O)O)c(NCc2ccco2)cc1Cl. The molecule has 0 aliphatic rings. The monoisotopic (exact) mass is 1620 g/mol. The molecule has 4 aromatic heterocycles. The minimum atomic E-state index is -4.11. The molecule has 0 radical (unpaired) electrons. The van der Waals surface area contributed by atoms with Crippen molar-refractivity contribution in [3.05, 3.63) is 222 Å². The van der Waals surface area contributed by atoms with Crippen LogP contribution in [-0.2, 0) is 90.5 Å². The number of carbonyl (C=O) groups is 4. The third kappa shape index (κ3) is 23.5. The fourth-order valence-electron chi connectivity index (χ4n) is 8.25. The van der Waals surface area contributed by atoms with E-state index in [2.05, 4.69) is 36.0 Å². The molecule has 0 aliphatic carbocycles. The number of hydrogen-bond donors (Lipinski definition) is 8. The molecular formula is C62H66Cl4N10O23S5. The van der Waals surface area contributed by atoms with E-state index in [0.717, 1.165) is 29.0 Å². The van der Waals surface area contributed by atoms with Gasteiger partial charge in [0.05, 0.1) is 148 Å². The van der Waals surface area contributed by atoms with Gasteiger partial charge < -0.3 is 58.3 Å². The van der Waals surface area contributed by atoms with E-state index < -0.39 is 78.9 Å². The number of carboxylic acids is 1. The number of ether oxygens (including phenoxy) is 3. The Kier molecular flexibility index (Phi) is 30.9. The van der Waals surface area contributed by atoms with Crippen molar-refractivity contribution in [2.75, 3.05) is 70.8 Å². The summed E-state index contributed by atoms with van der Waals surface area (Å²) in [4.78, 5) is 56.0. The fourth-order valence-corrected chi connectivity index (χ4v) is 14.0. The maximum absolute atomic E-state index is 12.3. The van der Waals surface area contributed by atoms with Gasteiger partial charge in [0.1, 0.15) is 42.6 Å². The molecular weight excluding hydrogens is 1550 g/mol. The first-order valence-electron chi connectivity index (χ1n) is 28.9. The second kappa shape index (κ2) is 37.8. The van der Waals surface area contributed by atoms with E-state index in [1.165, 1.54) is 116 Å². The first kappa shape index (κ1) is 85.1. The number of esters is 3. The van der Waals surface area contributed by atoms with Crippen LogP contribution in [0.2, 0.25) is 20.1 Å². The first-order valence-corrected chi connectivity index (χ1v) is 37.9. The van der Waals surface area contributed by atoms with Crippen LogP contribution in [0.5, 0.6) is 0 Å². The Labute approximate surface area is 616 Å². The number of carboxylic acid groups (broad SMARTS) is 1. The van der Waals surface area contributed by atoms with Crippen molar-refractivity contribution in [1.82, 2.24) is 13.4 Å². The van der Waals surface area contributed by atoms with Crippen LogP contribution in [0.3, 0.4) is 0 Å². The van der Waals surface area contributed by atoms with Crippen LogP contribution in [-0.4, -0.2) is 129 Å². The third-order valence-corrected chi connectivity index (χ3v) is 22.1. The molecule has 0 amide bonds. The Morgan fingerprint density at radius 2 is 0.769 bits per heavy atom. The lowest BCUT2D eigenvalue weighted by Crippen LogP contribution is -2.23. The molecule has 0 aliphatic heterocycles. The van der Waals surface area contributed by atoms with Crippen LogP contribution < -0.4 is 36.3 Å². The van der Waals surface area contributed by atoms with Crippen molar-refractivity contribution in [1.29, 1.82) is 0 Å². The predicted molar refractivity (Wildman–Crippen MR) is 383 cm³/mol. The smallest absolute Gasteiger partial charge is 0.340 e. The number of halogens is 4. The molecule has 9 aromatic rings. The van der Waals surface area contributed by atoms with E-state index in [0.29, 0.717) is 57.6 Å². The van der Waals surface area contributed by atoms with E-state index >= 15 is 0 Å². The second-order valence-corrected chi connectivity index (χ2v) is 31.4. The molecule has 9 rings (SSSR count). The number of aromatic carboxylic acids is 1. The summed E-state index contributed by atoms with van der Waals surface area (Å²) in [6, 6.07) is 29.6. The molecule has 42 heteroatoms. The molecule has 33 nitrogen and oxygen atoms in total. The van der Waals surface area contributed by atoms with Crippen LogP contribution in [0.25, 0.3) is 0 Å². The highest BCUT2D eigenvalue weighted by atomic mass is 35.5. The molecule has 0 saturated carbocycles. The summed E-state index contributed by atoms with van der Waals surface area (Å²) in [5.74, 6) is -0.891. The largest absolute Gasteiger partial charge is 0.478 e. The summed E-state index contributed by atoms with van der Waals surface area (Å²) in [7, 11) is -10.8. The highest BCUT2D eigenvalue weighted by molar-refractivity contribution is 7.90. The summed E-state index contributed by atoms with van der Waals surface area (Å²) in [6.07, 6.45) is 6.03. The fraction of sp³-hybridized carbons (Fsp3) is 0.194. The number of anilines is 4. The lowest BCUT2D eigenvalue weighted by molar-refractivity contribution is 0.0592. The van der Waals surface area contributed by atoms with Crippen LogP contribution >= 0.6 is 46.4 Å². The van der Waals surface area contributed by atoms with Gasteiger partial charge in [0, 0.05) is 21.1 Å². The molecule has 104 heavy (non-hydrogen) atoms. The minimum absolute atomic E-state index is 0.00158. The maximum Gasteiger partial charge on any atom is 0.340 e. The topological polar surface area (TPSA) is 488 Å². The average molecular weight is 1620 g/mol. The zero-order chi connectivity index (χ0) is 77.7. The van der Waals surface area contributed by atoms with Gasteiger partial charge in [-0.1, -0.05) is 64.1 Å². The third-order valence-electron chi connectivity index (χ3n) is 13.6. The molecule has 560 valence electrons. The van der Waals surface area contributed by atoms with E-state index in [4.69, 9.17) is 88.9 Å². The molecule has 0 spiro atoms. The zero-order valence-corrected chi connectivity index (χ0v) is 62.8. The van der Waals surface area contributed by atoms with Gasteiger partial charge in [-0.05, 0) is 123 Å². The van der Waals surface area contributed by atoms with Crippen molar-refractivity contribution in [3.8, 4) is 0 Å². The molecule has 4 heterocycles. The number of nitroso groups, excluding NO2 is 1. The summed E-state index contributed by atoms with van der Waals surface area (Å²) in [6.45, 7) is 2.94. The van der Waals surface area contributed by atoms with E-state index in [1.54, 1.807) is 60.7 Å². The van der Waals surface area contributed by atoms with Gasteiger partial charge in [-0.3, -0.25) is 0 Å². The Morgan fingerprint density at radius 3 is 1.05 bits per heavy atom. The number of nitrogens with one attached hydrogen (secondary N) is 5. The lowest BCUT2D eigenvalue weighted by atomic mass is 10.1. The number of nitrogens with zero attached hydrogens (tertiary/aromatic N) is 3. The highest BCUT2D eigenvalue weighted by Gasteiger charge is 2.28. The number of benzene rings is 5. The number of methoxy groups -OCH3 is 3. The number of rotatable bonds is 25. The van der Waals surface area contributed by atoms with E-state index in [9.17, 15) is 66.2 Å². The summed E-state index contributed by atoms with van der Waals surface area (Å²) in [5, 5.41) is 33.0. The number of hydrogen-bond acceptors (Lipinski definition) is 27. The Balaban J connectivity index is 0.000000236. The predicted octanol–water partition coefficient (Wildman–Crippen LogP) is 9.99. The van der Waals surface area contributed by atoms with Crippen LogP contribution in [0.15, 0.2) is 194 Å². The Morgan fingerprint density at radius 1 is 0.471 bits per heavy atom. The van der Waals surface area contributed by atoms with Crippen molar-refractivity contribution in [2.45, 2.75) is 57.6 Å². The summed E-state index contributed by atoms with van der Waals surface area (Å²) >= 11 is 23.9. The van der Waals surface area contributed by atoms with Crippen molar-refractivity contribution in [2.24, 2.45) is 15.6 Å². The van der Waals surface area contributed by atoms with E-state index in [-0.39, 0.29) is 80.7 Å². The minimum Gasteiger partial charge on any atom is -0.478 e. The maximum atomic E-state index is 12.3. The van der Waals surface area contributed by atoms with E-state index in [1.807, 2.05) is 6.92 Å². The molecule has 5 aromatic carbocycles. The normalized spacial score (nSPS) is 11.3. The zero-order valence-electron chi connectivity index (χ0n) is 55.7. The number of nitrogens with two attached hydrogens (primary N) is 2. The number of furan rings is 4. The average Bonchev–Trinajstić information content (AvgIpc) is 1.19. The molecule has 0 bridgehead atoms. The van der Waals surface area contributed by atoms with Gasteiger partial charge in [0.15, 0.2) is 0 Å². The Bertz CT molecular complexity index is 5080. The highest BCUT2D eigenvalue weighted by Crippen LogP contribution is 2.34. The summed E-state index contributed by atoms with van der Waals surface area (Å²) < 4.78 is 156. The molecule has 0 unspecified atom stereocenters. The number of carbonyl (C=O) groups excluding carboxylic acids is 3. The number of aryl methyl sites for hydroxylation is 1. The Hall–Kier alpha value is -9.55. The van der Waals surface area contributed by atoms with Gasteiger partial charge >= 0.3 is 23.9 Å². The molecule has 0 saturated heterocycles. The van der Waals surface area contributed by atoms with Crippen molar-refractivity contribution in [3.63, 3.8) is 0 Å². The van der Waals surface area contributed by atoms with Crippen LogP contribution in [0.1, 0.15) is 70.0 Å². The molecule has 0 atom stereocenters. The van der Waals surface area contributed by atoms with Gasteiger partial charge in [0.2, 0.25) is 40.1 Å². The van der Waals surface area contributed by atoms with Gasteiger partial charge in [-0.2, -0.15) is 12.8 Å². The van der Waals surface area contributed by atoms with Crippen LogP contribution in [0, 0.1) is 11.8 Å².